The van der Waals surface area contributed by atoms with Crippen LogP contribution in [0.4, 0.5) is 13.2 Å². The highest BCUT2D eigenvalue weighted by atomic mass is 127. The first-order chi connectivity index (χ1) is 14.6. The lowest BCUT2D eigenvalue weighted by atomic mass is 9.84. The summed E-state index contributed by atoms with van der Waals surface area (Å²) in [5.41, 5.74) is -0.568. The molecule has 2 heterocycles. The summed E-state index contributed by atoms with van der Waals surface area (Å²) in [6.07, 6.45) is -2.96. The molecule has 0 saturated carbocycles. The number of rotatable bonds is 4. The van der Waals surface area contributed by atoms with Gasteiger partial charge in [-0.25, -0.2) is 0 Å². The Labute approximate surface area is 204 Å². The Kier molecular flexibility index (Phi) is 9.21. The largest absolute Gasteiger partial charge is 0.416 e. The summed E-state index contributed by atoms with van der Waals surface area (Å²) in [6, 6.07) is 5.46. The highest BCUT2D eigenvalue weighted by Gasteiger charge is 2.33. The van der Waals surface area contributed by atoms with Crippen LogP contribution in [0.15, 0.2) is 29.3 Å². The zero-order valence-electron chi connectivity index (χ0n) is 18.7. The number of alkyl halides is 3. The maximum Gasteiger partial charge on any atom is 0.416 e. The van der Waals surface area contributed by atoms with Crippen LogP contribution in [0.5, 0.6) is 0 Å². The molecule has 1 N–H and O–H groups in total. The molecule has 1 aromatic carbocycles. The average Bonchev–Trinajstić information content (AvgIpc) is 3.28. The number of hydrogen-bond acceptors (Lipinski definition) is 3. The number of piperazine rings is 1. The van der Waals surface area contributed by atoms with Crippen LogP contribution in [-0.4, -0.2) is 74.1 Å². The average molecular weight is 568 g/mol. The molecule has 1 amide bonds. The van der Waals surface area contributed by atoms with Gasteiger partial charge < -0.3 is 19.9 Å². The van der Waals surface area contributed by atoms with E-state index in [0.717, 1.165) is 18.9 Å². The molecule has 2 fully saturated rings. The number of carbonyl (C=O) groups excluding carboxylic acids is 1. The first kappa shape index (κ1) is 26.7. The van der Waals surface area contributed by atoms with Crippen molar-refractivity contribution in [1.29, 1.82) is 0 Å². The molecule has 2 aliphatic rings. The number of benzene rings is 1. The normalized spacial score (nSPS) is 20.2. The summed E-state index contributed by atoms with van der Waals surface area (Å²) < 4.78 is 44.7. The fraction of sp³-hybridized carbons (Fsp3) is 0.636. The molecule has 2 aliphatic heterocycles. The van der Waals surface area contributed by atoms with Crippen molar-refractivity contribution < 1.29 is 22.7 Å². The number of nitrogens with zero attached hydrogens (tertiary/aromatic N) is 3. The second kappa shape index (κ2) is 11.0. The van der Waals surface area contributed by atoms with E-state index in [1.807, 2.05) is 18.7 Å². The van der Waals surface area contributed by atoms with Crippen molar-refractivity contribution in [3.63, 3.8) is 0 Å². The van der Waals surface area contributed by atoms with Gasteiger partial charge in [0, 0.05) is 51.8 Å². The maximum atomic E-state index is 13.1. The predicted molar refractivity (Wildman–Crippen MR) is 128 cm³/mol. The van der Waals surface area contributed by atoms with Crippen molar-refractivity contribution in [2.45, 2.75) is 44.4 Å². The zero-order valence-corrected chi connectivity index (χ0v) is 21.1. The molecule has 10 heteroatoms. The molecule has 0 radical (unpaired) electrons. The van der Waals surface area contributed by atoms with E-state index in [1.54, 1.807) is 13.1 Å². The number of ether oxygens (including phenoxy) is 1. The van der Waals surface area contributed by atoms with Crippen molar-refractivity contribution in [2.24, 2.45) is 4.99 Å². The lowest BCUT2D eigenvalue weighted by Crippen LogP contribution is -2.56. The van der Waals surface area contributed by atoms with E-state index < -0.39 is 17.2 Å². The third-order valence-corrected chi connectivity index (χ3v) is 5.97. The number of guanidine groups is 1. The van der Waals surface area contributed by atoms with E-state index in [2.05, 4.69) is 15.2 Å². The van der Waals surface area contributed by atoms with Crippen LogP contribution in [0.2, 0.25) is 0 Å². The molecule has 1 unspecified atom stereocenters. The Bertz CT molecular complexity index is 803. The van der Waals surface area contributed by atoms with Gasteiger partial charge in [-0.1, -0.05) is 32.0 Å². The summed E-state index contributed by atoms with van der Waals surface area (Å²) in [5.74, 6) is 0.745. The second-order valence-corrected chi connectivity index (χ2v) is 8.68. The molecule has 2 saturated heterocycles. The molecule has 0 spiro atoms. The van der Waals surface area contributed by atoms with Crippen molar-refractivity contribution in [1.82, 2.24) is 15.1 Å². The molecule has 0 bridgehead atoms. The van der Waals surface area contributed by atoms with Crippen molar-refractivity contribution >= 4 is 35.8 Å². The van der Waals surface area contributed by atoms with Crippen LogP contribution in [-0.2, 0) is 21.1 Å². The van der Waals surface area contributed by atoms with Gasteiger partial charge in [-0.15, -0.1) is 24.0 Å². The standard InChI is InChI=1S/C22H31F3N4O2.HI/c1-21(2,16-6-4-7-17(14-16)22(23,24)25)15-27-20(26-3)29-11-9-28(10-12-29)19(30)18-8-5-13-31-18;/h4,6-7,14,18H,5,8-13,15H2,1-3H3,(H,26,27);1H. The first-order valence-electron chi connectivity index (χ1n) is 10.7. The topological polar surface area (TPSA) is 57.2 Å². The summed E-state index contributed by atoms with van der Waals surface area (Å²) in [6.45, 7) is 7.35. The molecular weight excluding hydrogens is 536 g/mol. The van der Waals surface area contributed by atoms with Gasteiger partial charge in [-0.05, 0) is 24.5 Å². The molecule has 3 rings (SSSR count). The molecule has 0 aromatic heterocycles. The SMILES string of the molecule is CN=C(NCC(C)(C)c1cccc(C(F)(F)F)c1)N1CCN(C(=O)C2CCCO2)CC1.I. The molecular formula is C22H32F3IN4O2. The van der Waals surface area contributed by atoms with Crippen molar-refractivity contribution in [3.05, 3.63) is 35.4 Å². The lowest BCUT2D eigenvalue weighted by molar-refractivity contribution is -0.142. The van der Waals surface area contributed by atoms with Crippen molar-refractivity contribution in [3.8, 4) is 0 Å². The summed E-state index contributed by atoms with van der Waals surface area (Å²) >= 11 is 0. The monoisotopic (exact) mass is 568 g/mol. The van der Waals surface area contributed by atoms with Crippen LogP contribution >= 0.6 is 24.0 Å². The van der Waals surface area contributed by atoms with Gasteiger partial charge >= 0.3 is 6.18 Å². The van der Waals surface area contributed by atoms with E-state index in [4.69, 9.17) is 4.74 Å². The smallest absolute Gasteiger partial charge is 0.368 e. The van der Waals surface area contributed by atoms with Crippen LogP contribution in [0.1, 0.15) is 37.8 Å². The van der Waals surface area contributed by atoms with E-state index >= 15 is 0 Å². The van der Waals surface area contributed by atoms with Crippen LogP contribution < -0.4 is 5.32 Å². The Morgan fingerprint density at radius 3 is 2.34 bits per heavy atom. The van der Waals surface area contributed by atoms with E-state index in [9.17, 15) is 18.0 Å². The van der Waals surface area contributed by atoms with Gasteiger partial charge in [-0.2, -0.15) is 13.2 Å². The minimum Gasteiger partial charge on any atom is -0.368 e. The van der Waals surface area contributed by atoms with Gasteiger partial charge in [0.1, 0.15) is 6.10 Å². The van der Waals surface area contributed by atoms with E-state index in [0.29, 0.717) is 50.9 Å². The molecule has 6 nitrogen and oxygen atoms in total. The number of aliphatic imine (C=N–C) groups is 1. The molecule has 1 atom stereocenters. The lowest BCUT2D eigenvalue weighted by Gasteiger charge is -2.38. The Morgan fingerprint density at radius 1 is 1.16 bits per heavy atom. The fourth-order valence-corrected chi connectivity index (χ4v) is 3.97. The van der Waals surface area contributed by atoms with Crippen molar-refractivity contribution in [2.75, 3.05) is 46.4 Å². The quantitative estimate of drug-likeness (QED) is 0.344. The fourth-order valence-electron chi connectivity index (χ4n) is 3.97. The van der Waals surface area contributed by atoms with E-state index in [1.165, 1.54) is 12.1 Å². The minimum atomic E-state index is -4.36. The Balaban J connectivity index is 0.00000363. The van der Waals surface area contributed by atoms with Crippen LogP contribution in [0.25, 0.3) is 0 Å². The van der Waals surface area contributed by atoms with Gasteiger partial charge in [0.05, 0.1) is 5.56 Å². The highest BCUT2D eigenvalue weighted by Crippen LogP contribution is 2.32. The number of carbonyl (C=O) groups is 1. The summed E-state index contributed by atoms with van der Waals surface area (Å²) in [7, 11) is 1.68. The molecule has 32 heavy (non-hydrogen) atoms. The second-order valence-electron chi connectivity index (χ2n) is 8.68. The summed E-state index contributed by atoms with van der Waals surface area (Å²) in [5, 5.41) is 3.30. The molecule has 180 valence electrons. The number of halogens is 4. The van der Waals surface area contributed by atoms with Gasteiger partial charge in [0.25, 0.3) is 5.91 Å². The third kappa shape index (κ3) is 6.49. The number of nitrogens with one attached hydrogen (secondary N) is 1. The zero-order chi connectivity index (χ0) is 22.6. The van der Waals surface area contributed by atoms with Crippen LogP contribution in [0.3, 0.4) is 0 Å². The number of hydrogen-bond donors (Lipinski definition) is 1. The highest BCUT2D eigenvalue weighted by molar-refractivity contribution is 14.0. The van der Waals surface area contributed by atoms with Gasteiger partial charge in [0.15, 0.2) is 5.96 Å². The third-order valence-electron chi connectivity index (χ3n) is 5.97. The molecule has 1 aromatic rings. The van der Waals surface area contributed by atoms with Gasteiger partial charge in [0.2, 0.25) is 0 Å². The Morgan fingerprint density at radius 2 is 1.78 bits per heavy atom. The number of amides is 1. The first-order valence-corrected chi connectivity index (χ1v) is 10.7. The predicted octanol–water partition coefficient (Wildman–Crippen LogP) is 3.50. The summed E-state index contributed by atoms with van der Waals surface area (Å²) in [4.78, 5) is 20.8. The minimum absolute atomic E-state index is 0. The van der Waals surface area contributed by atoms with Crippen LogP contribution in [0, 0.1) is 0 Å². The van der Waals surface area contributed by atoms with E-state index in [-0.39, 0.29) is 36.0 Å². The molecule has 0 aliphatic carbocycles. The van der Waals surface area contributed by atoms with Gasteiger partial charge in [-0.3, -0.25) is 9.79 Å². The maximum absolute atomic E-state index is 13.1. The Hall–Kier alpha value is -1.56.